The first-order chi connectivity index (χ1) is 9.74. The first-order valence-corrected chi connectivity index (χ1v) is 6.68. The summed E-state index contributed by atoms with van der Waals surface area (Å²) in [6.07, 6.45) is 2.51. The molecule has 1 aliphatic rings. The summed E-state index contributed by atoms with van der Waals surface area (Å²) in [6, 6.07) is 10.5. The van der Waals surface area contributed by atoms with Crippen LogP contribution in [-0.4, -0.2) is 15.8 Å². The van der Waals surface area contributed by atoms with Crippen molar-refractivity contribution in [2.45, 2.75) is 25.9 Å². The summed E-state index contributed by atoms with van der Waals surface area (Å²) in [6.45, 7) is 1.17. The second-order valence-electron chi connectivity index (χ2n) is 4.95. The Morgan fingerprint density at radius 3 is 2.85 bits per heavy atom. The minimum Gasteiger partial charge on any atom is -0.332 e. The maximum Gasteiger partial charge on any atom is 0.223 e. The molecular formula is C16H15FN2O. The number of aromatic nitrogens is 1. The molecule has 1 amide bonds. The molecule has 1 aliphatic heterocycles. The third kappa shape index (κ3) is 2.54. The zero-order valence-electron chi connectivity index (χ0n) is 11.1. The summed E-state index contributed by atoms with van der Waals surface area (Å²) in [7, 11) is 0. The minimum absolute atomic E-state index is 0.0475. The molecule has 0 unspecified atom stereocenters. The van der Waals surface area contributed by atoms with E-state index in [9.17, 15) is 9.18 Å². The molecule has 3 rings (SSSR count). The number of nitrogens with zero attached hydrogens (tertiary/aromatic N) is 2. The number of aryl methyl sites for hydroxylation is 1. The Kier molecular flexibility index (Phi) is 3.46. The lowest BCUT2D eigenvalue weighted by atomic mass is 10.1. The highest BCUT2D eigenvalue weighted by Crippen LogP contribution is 2.21. The van der Waals surface area contributed by atoms with Gasteiger partial charge in [-0.05, 0) is 29.7 Å². The van der Waals surface area contributed by atoms with E-state index in [-0.39, 0.29) is 11.7 Å². The summed E-state index contributed by atoms with van der Waals surface area (Å²) in [5.74, 6) is -0.196. The van der Waals surface area contributed by atoms with Crippen molar-refractivity contribution in [2.24, 2.45) is 0 Å². The largest absolute Gasteiger partial charge is 0.332 e. The molecule has 0 bridgehead atoms. The highest BCUT2D eigenvalue weighted by Gasteiger charge is 2.23. The van der Waals surface area contributed by atoms with Gasteiger partial charge in [0, 0.05) is 19.2 Å². The molecule has 0 fully saturated rings. The predicted molar refractivity (Wildman–Crippen MR) is 73.2 cm³/mol. The number of fused-ring (bicyclic) bond motifs is 1. The second kappa shape index (κ2) is 5.41. The van der Waals surface area contributed by atoms with Crippen LogP contribution in [0.2, 0.25) is 0 Å². The standard InChI is InChI=1S/C16H15FN2O/c17-14-6-2-1-4-12(14)7-8-16(20)19-10-13-5-3-9-18-15(13)11-19/h1-6,9H,7-8,10-11H2. The van der Waals surface area contributed by atoms with Crippen molar-refractivity contribution in [3.63, 3.8) is 0 Å². The quantitative estimate of drug-likeness (QED) is 0.859. The van der Waals surface area contributed by atoms with E-state index in [0.29, 0.717) is 31.5 Å². The fourth-order valence-electron chi connectivity index (χ4n) is 2.48. The van der Waals surface area contributed by atoms with Gasteiger partial charge < -0.3 is 4.90 Å². The Morgan fingerprint density at radius 1 is 1.20 bits per heavy atom. The van der Waals surface area contributed by atoms with Crippen molar-refractivity contribution in [2.75, 3.05) is 0 Å². The van der Waals surface area contributed by atoms with Gasteiger partial charge in [0.2, 0.25) is 5.91 Å². The lowest BCUT2D eigenvalue weighted by Crippen LogP contribution is -2.25. The molecule has 4 heteroatoms. The van der Waals surface area contributed by atoms with E-state index in [0.717, 1.165) is 11.3 Å². The summed E-state index contributed by atoms with van der Waals surface area (Å²) >= 11 is 0. The van der Waals surface area contributed by atoms with Gasteiger partial charge in [-0.25, -0.2) is 4.39 Å². The van der Waals surface area contributed by atoms with Gasteiger partial charge in [0.05, 0.1) is 12.2 Å². The van der Waals surface area contributed by atoms with Crippen LogP contribution in [0.25, 0.3) is 0 Å². The van der Waals surface area contributed by atoms with Crippen molar-refractivity contribution >= 4 is 5.91 Å². The smallest absolute Gasteiger partial charge is 0.223 e. The van der Waals surface area contributed by atoms with Crippen molar-refractivity contribution in [3.8, 4) is 0 Å². The van der Waals surface area contributed by atoms with Crippen LogP contribution < -0.4 is 0 Å². The number of carbonyl (C=O) groups excluding carboxylic acids is 1. The van der Waals surface area contributed by atoms with Crippen molar-refractivity contribution < 1.29 is 9.18 Å². The van der Waals surface area contributed by atoms with Crippen LogP contribution in [0.1, 0.15) is 23.2 Å². The first-order valence-electron chi connectivity index (χ1n) is 6.68. The lowest BCUT2D eigenvalue weighted by Gasteiger charge is -2.15. The van der Waals surface area contributed by atoms with E-state index in [4.69, 9.17) is 0 Å². The number of halogens is 1. The number of amides is 1. The highest BCUT2D eigenvalue weighted by molar-refractivity contribution is 5.77. The van der Waals surface area contributed by atoms with Crippen LogP contribution >= 0.6 is 0 Å². The van der Waals surface area contributed by atoms with Gasteiger partial charge >= 0.3 is 0 Å². The van der Waals surface area contributed by atoms with Crippen molar-refractivity contribution in [1.29, 1.82) is 0 Å². The van der Waals surface area contributed by atoms with Crippen molar-refractivity contribution in [3.05, 3.63) is 65.2 Å². The molecule has 1 aromatic carbocycles. The predicted octanol–water partition coefficient (Wildman–Crippen LogP) is 2.70. The van der Waals surface area contributed by atoms with Crippen molar-refractivity contribution in [1.82, 2.24) is 9.88 Å². The number of benzene rings is 1. The number of hydrogen-bond donors (Lipinski definition) is 0. The third-order valence-corrected chi connectivity index (χ3v) is 3.61. The van der Waals surface area contributed by atoms with E-state index in [1.54, 1.807) is 29.3 Å². The van der Waals surface area contributed by atoms with Gasteiger partial charge in [0.15, 0.2) is 0 Å². The zero-order valence-corrected chi connectivity index (χ0v) is 11.1. The SMILES string of the molecule is O=C(CCc1ccccc1F)N1Cc2cccnc2C1. The number of rotatable bonds is 3. The molecule has 20 heavy (non-hydrogen) atoms. The molecule has 0 N–H and O–H groups in total. The van der Waals surface area contributed by atoms with E-state index >= 15 is 0 Å². The summed E-state index contributed by atoms with van der Waals surface area (Å²) in [5.41, 5.74) is 2.66. The fourth-order valence-corrected chi connectivity index (χ4v) is 2.48. The Hall–Kier alpha value is -2.23. The van der Waals surface area contributed by atoms with E-state index in [1.807, 2.05) is 12.1 Å². The van der Waals surface area contributed by atoms with Crippen LogP contribution in [0.5, 0.6) is 0 Å². The van der Waals surface area contributed by atoms with Crippen LogP contribution in [0.3, 0.4) is 0 Å². The maximum absolute atomic E-state index is 13.5. The molecule has 0 saturated heterocycles. The molecule has 0 atom stereocenters. The molecule has 0 aliphatic carbocycles. The Labute approximate surface area is 117 Å². The average molecular weight is 270 g/mol. The molecule has 0 radical (unpaired) electrons. The van der Waals surface area contributed by atoms with Gasteiger partial charge in [0.1, 0.15) is 5.82 Å². The van der Waals surface area contributed by atoms with Gasteiger partial charge in [0.25, 0.3) is 0 Å². The molecule has 0 saturated carbocycles. The Balaban J connectivity index is 1.61. The highest BCUT2D eigenvalue weighted by atomic mass is 19.1. The average Bonchev–Trinajstić information content (AvgIpc) is 2.90. The second-order valence-corrected chi connectivity index (χ2v) is 4.95. The lowest BCUT2D eigenvalue weighted by molar-refractivity contribution is -0.131. The molecule has 3 nitrogen and oxygen atoms in total. The Bertz CT molecular complexity index is 617. The summed E-state index contributed by atoms with van der Waals surface area (Å²) in [5, 5.41) is 0. The fraction of sp³-hybridized carbons (Fsp3) is 0.250. The van der Waals surface area contributed by atoms with Gasteiger partial charge in [-0.3, -0.25) is 9.78 Å². The normalized spacial score (nSPS) is 13.3. The third-order valence-electron chi connectivity index (χ3n) is 3.61. The number of pyridine rings is 1. The van der Waals surface area contributed by atoms with Gasteiger partial charge in [-0.2, -0.15) is 0 Å². The monoisotopic (exact) mass is 270 g/mol. The molecule has 2 aromatic rings. The van der Waals surface area contributed by atoms with Crippen LogP contribution in [0, 0.1) is 5.82 Å². The van der Waals surface area contributed by atoms with E-state index < -0.39 is 0 Å². The minimum atomic E-state index is -0.244. The number of hydrogen-bond acceptors (Lipinski definition) is 2. The molecule has 1 aromatic heterocycles. The summed E-state index contributed by atoms with van der Waals surface area (Å²) in [4.78, 5) is 18.2. The van der Waals surface area contributed by atoms with E-state index in [1.165, 1.54) is 6.07 Å². The zero-order chi connectivity index (χ0) is 13.9. The van der Waals surface area contributed by atoms with Crippen LogP contribution in [0.4, 0.5) is 4.39 Å². The van der Waals surface area contributed by atoms with Gasteiger partial charge in [-0.1, -0.05) is 24.3 Å². The molecule has 0 spiro atoms. The van der Waals surface area contributed by atoms with Crippen LogP contribution in [0.15, 0.2) is 42.6 Å². The number of carbonyl (C=O) groups is 1. The first kappa shape index (κ1) is 12.8. The molecule has 2 heterocycles. The summed E-state index contributed by atoms with van der Waals surface area (Å²) < 4.78 is 13.5. The van der Waals surface area contributed by atoms with Gasteiger partial charge in [-0.15, -0.1) is 0 Å². The Morgan fingerprint density at radius 2 is 2.05 bits per heavy atom. The van der Waals surface area contributed by atoms with E-state index in [2.05, 4.69) is 4.98 Å². The maximum atomic E-state index is 13.5. The molecule has 102 valence electrons. The van der Waals surface area contributed by atoms with Crippen LogP contribution in [-0.2, 0) is 24.3 Å². The molecular weight excluding hydrogens is 255 g/mol. The topological polar surface area (TPSA) is 33.2 Å².